The number of benzene rings is 3. The summed E-state index contributed by atoms with van der Waals surface area (Å²) in [7, 11) is 1.52. The van der Waals surface area contributed by atoms with Crippen LogP contribution in [0.5, 0.6) is 40.2 Å². The average Bonchev–Trinajstić information content (AvgIpc) is 3.65. The molecule has 0 saturated carbocycles. The van der Waals surface area contributed by atoms with Gasteiger partial charge in [0.15, 0.2) is 35.0 Å². The predicted octanol–water partition coefficient (Wildman–Crippen LogP) is 6.12. The third-order valence-corrected chi connectivity index (χ3v) is 7.35. The number of rotatable bonds is 10. The predicted molar refractivity (Wildman–Crippen MR) is 152 cm³/mol. The minimum Gasteiger partial charge on any atom is -0.497 e. The van der Waals surface area contributed by atoms with Gasteiger partial charge in [0.2, 0.25) is 6.79 Å². The Labute approximate surface area is 242 Å². The van der Waals surface area contributed by atoms with Gasteiger partial charge in [0.1, 0.15) is 11.5 Å². The molecule has 1 aliphatic heterocycles. The zero-order valence-corrected chi connectivity index (χ0v) is 23.2. The van der Waals surface area contributed by atoms with Crippen molar-refractivity contribution in [3.63, 3.8) is 0 Å². The Morgan fingerprint density at radius 1 is 0.976 bits per heavy atom. The number of carbonyl (C=O) groups is 2. The largest absolute Gasteiger partial charge is 0.497 e. The van der Waals surface area contributed by atoms with Crippen molar-refractivity contribution < 1.29 is 38.0 Å². The van der Waals surface area contributed by atoms with Crippen LogP contribution < -0.4 is 28.4 Å². The molecule has 2 aliphatic rings. The third-order valence-electron chi connectivity index (χ3n) is 7.35. The molecule has 2 heterocycles. The first-order valence-electron chi connectivity index (χ1n) is 13.7. The molecule has 4 aromatic rings. The Balaban J connectivity index is 1.34. The Morgan fingerprint density at radius 3 is 2.67 bits per heavy atom. The van der Waals surface area contributed by atoms with E-state index in [0.717, 1.165) is 28.9 Å². The lowest BCUT2D eigenvalue weighted by atomic mass is 9.85. The van der Waals surface area contributed by atoms with Crippen LogP contribution in [0.25, 0.3) is 0 Å². The van der Waals surface area contributed by atoms with Gasteiger partial charge in [0.25, 0.3) is 0 Å². The summed E-state index contributed by atoms with van der Waals surface area (Å²) in [5.41, 5.74) is 3.27. The normalized spacial score (nSPS) is 16.4. The number of carbonyl (C=O) groups excluding carboxylic acids is 2. The van der Waals surface area contributed by atoms with Gasteiger partial charge in [-0.05, 0) is 72.0 Å². The minimum absolute atomic E-state index is 0.159. The lowest BCUT2D eigenvalue weighted by Crippen LogP contribution is -2.25. The fraction of sp³-hybridized carbons (Fsp3) is 0.242. The Hall–Kier alpha value is -5.05. The van der Waals surface area contributed by atoms with Crippen LogP contribution >= 0.6 is 0 Å². The van der Waals surface area contributed by atoms with Crippen molar-refractivity contribution in [3.05, 3.63) is 95.3 Å². The van der Waals surface area contributed by atoms with E-state index in [9.17, 15) is 9.59 Å². The number of esters is 1. The molecule has 0 spiro atoms. The molecule has 3 aromatic carbocycles. The molecular formula is C33H29NO8. The maximum Gasteiger partial charge on any atom is 0.315 e. The smallest absolute Gasteiger partial charge is 0.315 e. The van der Waals surface area contributed by atoms with Crippen molar-refractivity contribution in [1.29, 1.82) is 0 Å². The monoisotopic (exact) mass is 567 g/mol. The van der Waals surface area contributed by atoms with Gasteiger partial charge in [-0.15, -0.1) is 0 Å². The van der Waals surface area contributed by atoms with Crippen molar-refractivity contribution in [2.75, 3.05) is 20.5 Å². The molecule has 2 unspecified atom stereocenters. The van der Waals surface area contributed by atoms with E-state index >= 15 is 0 Å². The number of hydrogen-bond donors (Lipinski definition) is 0. The summed E-state index contributed by atoms with van der Waals surface area (Å²) in [6.07, 6.45) is 4.95. The highest BCUT2D eigenvalue weighted by Crippen LogP contribution is 2.47. The lowest BCUT2D eigenvalue weighted by molar-refractivity contribution is -0.139. The van der Waals surface area contributed by atoms with Crippen molar-refractivity contribution >= 4 is 12.3 Å². The summed E-state index contributed by atoms with van der Waals surface area (Å²) < 4.78 is 34.4. The summed E-state index contributed by atoms with van der Waals surface area (Å²) in [5, 5.41) is 0. The van der Waals surface area contributed by atoms with Gasteiger partial charge in [-0.3, -0.25) is 14.6 Å². The standard InChI is InChI=1S/C33H29NO8/c1-3-12-38-24-5-7-25-22(13-24)14-26(32(25)20-4-8-27-29(15-20)40-19-39-27)33(36)42-28-9-6-23(37-2)16-30(28)41-31-17-34-11-10-21(31)18-35/h4-11,13,15-18,26,32H,3,12,14,19H2,1-2H3. The molecule has 9 heteroatoms. The van der Waals surface area contributed by atoms with Gasteiger partial charge in [0, 0.05) is 18.2 Å². The molecule has 9 nitrogen and oxygen atoms in total. The van der Waals surface area contributed by atoms with Crippen molar-refractivity contribution in [1.82, 2.24) is 4.98 Å². The van der Waals surface area contributed by atoms with E-state index < -0.39 is 11.9 Å². The van der Waals surface area contributed by atoms with Gasteiger partial charge in [0.05, 0.1) is 31.4 Å². The van der Waals surface area contributed by atoms with Gasteiger partial charge in [-0.2, -0.15) is 0 Å². The highest BCUT2D eigenvalue weighted by atomic mass is 16.7. The molecule has 0 fully saturated rings. The highest BCUT2D eigenvalue weighted by Gasteiger charge is 2.40. The number of methoxy groups -OCH3 is 1. The maximum atomic E-state index is 14.0. The number of hydrogen-bond acceptors (Lipinski definition) is 9. The second-order valence-electron chi connectivity index (χ2n) is 9.98. The van der Waals surface area contributed by atoms with Crippen LogP contribution in [0.2, 0.25) is 0 Å². The Bertz CT molecular complexity index is 1630. The second kappa shape index (κ2) is 11.8. The maximum absolute atomic E-state index is 14.0. The summed E-state index contributed by atoms with van der Waals surface area (Å²) >= 11 is 0. The van der Waals surface area contributed by atoms with Crippen LogP contribution in [0.3, 0.4) is 0 Å². The molecule has 0 saturated heterocycles. The molecule has 2 atom stereocenters. The molecule has 1 aliphatic carbocycles. The SMILES string of the molecule is CCCOc1ccc2c(c1)CC(C(=O)Oc1ccc(OC)cc1Oc1cnccc1C=O)C2c1ccc2c(c1)OCO2. The van der Waals surface area contributed by atoms with Crippen molar-refractivity contribution in [2.45, 2.75) is 25.7 Å². The molecule has 42 heavy (non-hydrogen) atoms. The average molecular weight is 568 g/mol. The molecule has 214 valence electrons. The zero-order valence-electron chi connectivity index (χ0n) is 23.2. The van der Waals surface area contributed by atoms with Gasteiger partial charge in [-0.25, -0.2) is 0 Å². The van der Waals surface area contributed by atoms with Crippen molar-refractivity contribution in [2.24, 2.45) is 5.92 Å². The molecule has 0 N–H and O–H groups in total. The van der Waals surface area contributed by atoms with Gasteiger partial charge >= 0.3 is 5.97 Å². The Kier molecular flexibility index (Phi) is 7.64. The first kappa shape index (κ1) is 27.1. The molecule has 6 rings (SSSR count). The summed E-state index contributed by atoms with van der Waals surface area (Å²) in [6.45, 7) is 2.83. The first-order chi connectivity index (χ1) is 20.6. The van der Waals surface area contributed by atoms with E-state index in [1.54, 1.807) is 24.3 Å². The van der Waals surface area contributed by atoms with Gasteiger partial charge < -0.3 is 28.4 Å². The third kappa shape index (κ3) is 5.33. The molecule has 0 amide bonds. The number of fused-ring (bicyclic) bond motifs is 2. The van der Waals surface area contributed by atoms with Crippen molar-refractivity contribution in [3.8, 4) is 40.2 Å². The molecule has 0 bridgehead atoms. The number of aromatic nitrogens is 1. The molecule has 0 radical (unpaired) electrons. The molecule has 1 aromatic heterocycles. The van der Waals surface area contributed by atoms with E-state index in [1.165, 1.54) is 19.5 Å². The van der Waals surface area contributed by atoms with E-state index in [4.69, 9.17) is 28.4 Å². The summed E-state index contributed by atoms with van der Waals surface area (Å²) in [5.74, 6) is 1.94. The van der Waals surface area contributed by atoms with Crippen LogP contribution in [0.1, 0.15) is 46.3 Å². The van der Waals surface area contributed by atoms with Crippen LogP contribution in [0.15, 0.2) is 73.1 Å². The summed E-state index contributed by atoms with van der Waals surface area (Å²) in [4.78, 5) is 29.6. The van der Waals surface area contributed by atoms with Crippen LogP contribution in [-0.2, 0) is 11.2 Å². The highest BCUT2D eigenvalue weighted by molar-refractivity contribution is 5.81. The zero-order chi connectivity index (χ0) is 29.1. The van der Waals surface area contributed by atoms with Crippen LogP contribution in [-0.4, -0.2) is 37.7 Å². The van der Waals surface area contributed by atoms with E-state index in [0.29, 0.717) is 42.1 Å². The topological polar surface area (TPSA) is 102 Å². The van der Waals surface area contributed by atoms with Crippen LogP contribution in [0, 0.1) is 5.92 Å². The fourth-order valence-electron chi connectivity index (χ4n) is 5.34. The van der Waals surface area contributed by atoms with Crippen LogP contribution in [0.4, 0.5) is 0 Å². The van der Waals surface area contributed by atoms with E-state index in [-0.39, 0.29) is 30.0 Å². The molecular weight excluding hydrogens is 538 g/mol. The second-order valence-corrected chi connectivity index (χ2v) is 9.98. The van der Waals surface area contributed by atoms with Gasteiger partial charge in [-0.1, -0.05) is 19.1 Å². The lowest BCUT2D eigenvalue weighted by Gasteiger charge is -2.21. The number of ether oxygens (including phenoxy) is 6. The number of nitrogens with zero attached hydrogens (tertiary/aromatic N) is 1. The first-order valence-corrected chi connectivity index (χ1v) is 13.7. The quantitative estimate of drug-likeness (QED) is 0.127. The Morgan fingerprint density at radius 2 is 1.83 bits per heavy atom. The minimum atomic E-state index is -0.541. The number of aldehydes is 1. The van der Waals surface area contributed by atoms with E-state index in [1.807, 2.05) is 36.4 Å². The van der Waals surface area contributed by atoms with E-state index in [2.05, 4.69) is 11.9 Å². The summed E-state index contributed by atoms with van der Waals surface area (Å²) in [6, 6.07) is 18.1. The fourth-order valence-corrected chi connectivity index (χ4v) is 5.34. The number of pyridine rings is 1.